The number of likely N-dealkylation sites (tertiary alicyclic amines) is 3. The molecule has 1 atom stereocenters. The van der Waals surface area contributed by atoms with E-state index in [9.17, 15) is 14.7 Å². The molecule has 3 saturated heterocycles. The van der Waals surface area contributed by atoms with Crippen molar-refractivity contribution in [3.8, 4) is 5.75 Å². The molecule has 4 rings (SSSR count). The summed E-state index contributed by atoms with van der Waals surface area (Å²) in [5, 5.41) is 9.62. The Balaban J connectivity index is 1.40. The molecular weight excluding hydrogens is 342 g/mol. The summed E-state index contributed by atoms with van der Waals surface area (Å²) in [5.41, 5.74) is 0.699. The largest absolute Gasteiger partial charge is 0.508 e. The van der Waals surface area contributed by atoms with E-state index in [1.165, 1.54) is 6.07 Å². The lowest BCUT2D eigenvalue weighted by molar-refractivity contribution is -0.141. The summed E-state index contributed by atoms with van der Waals surface area (Å²) >= 11 is 0. The third kappa shape index (κ3) is 3.68. The molecule has 0 bridgehead atoms. The average Bonchev–Trinajstić information content (AvgIpc) is 3.10. The van der Waals surface area contributed by atoms with Gasteiger partial charge in [-0.1, -0.05) is 6.07 Å². The number of carbonyl (C=O) groups is 2. The summed E-state index contributed by atoms with van der Waals surface area (Å²) in [6.45, 7) is 4.33. The first-order valence-electron chi connectivity index (χ1n) is 10.0. The van der Waals surface area contributed by atoms with Gasteiger partial charge in [0, 0.05) is 44.2 Å². The Labute approximate surface area is 160 Å². The van der Waals surface area contributed by atoms with Crippen LogP contribution >= 0.6 is 0 Å². The Kier molecular flexibility index (Phi) is 4.84. The number of amides is 2. The number of benzene rings is 1. The van der Waals surface area contributed by atoms with Crippen molar-refractivity contribution in [1.29, 1.82) is 0 Å². The first-order chi connectivity index (χ1) is 13.0. The number of likely N-dealkylation sites (N-methyl/N-ethyl adjacent to an activating group) is 1. The fraction of sp³-hybridized carbons (Fsp3) is 0.619. The summed E-state index contributed by atoms with van der Waals surface area (Å²) in [5.74, 6) is 0.415. The molecule has 6 heteroatoms. The van der Waals surface area contributed by atoms with Gasteiger partial charge in [0.2, 0.25) is 5.91 Å². The minimum atomic E-state index is -0.0121. The highest BCUT2D eigenvalue weighted by atomic mass is 16.3. The van der Waals surface area contributed by atoms with Gasteiger partial charge in [0.15, 0.2) is 0 Å². The SMILES string of the molecule is CN1CCC(N2CC3(CCC2=O)CCN(C(=O)c2cccc(O)c2)CC3)C1. The Hall–Kier alpha value is -2.08. The number of hydrogen-bond acceptors (Lipinski definition) is 4. The van der Waals surface area contributed by atoms with Crippen LogP contribution in [-0.2, 0) is 4.79 Å². The third-order valence-electron chi connectivity index (χ3n) is 6.71. The fourth-order valence-corrected chi connectivity index (χ4v) is 4.96. The van der Waals surface area contributed by atoms with Gasteiger partial charge in [-0.3, -0.25) is 9.59 Å². The smallest absolute Gasteiger partial charge is 0.253 e. The van der Waals surface area contributed by atoms with Crippen molar-refractivity contribution >= 4 is 11.8 Å². The maximum Gasteiger partial charge on any atom is 0.253 e. The maximum absolute atomic E-state index is 12.7. The zero-order valence-electron chi connectivity index (χ0n) is 16.1. The number of phenolic OH excluding ortho intramolecular Hbond substituents is 1. The van der Waals surface area contributed by atoms with Crippen LogP contribution in [0.25, 0.3) is 0 Å². The van der Waals surface area contributed by atoms with Crippen molar-refractivity contribution in [1.82, 2.24) is 14.7 Å². The van der Waals surface area contributed by atoms with E-state index >= 15 is 0 Å². The summed E-state index contributed by atoms with van der Waals surface area (Å²) in [6.07, 6.45) is 4.55. The molecule has 146 valence electrons. The van der Waals surface area contributed by atoms with Gasteiger partial charge in [0.05, 0.1) is 0 Å². The predicted octanol–water partition coefficient (Wildman–Crippen LogP) is 1.94. The molecule has 0 radical (unpaired) electrons. The predicted molar refractivity (Wildman–Crippen MR) is 103 cm³/mol. The van der Waals surface area contributed by atoms with E-state index in [1.807, 2.05) is 4.90 Å². The minimum Gasteiger partial charge on any atom is -0.508 e. The van der Waals surface area contributed by atoms with Gasteiger partial charge in [0.1, 0.15) is 5.75 Å². The molecule has 1 N–H and O–H groups in total. The van der Waals surface area contributed by atoms with Gasteiger partial charge in [-0.25, -0.2) is 0 Å². The quantitative estimate of drug-likeness (QED) is 0.863. The highest BCUT2D eigenvalue weighted by Gasteiger charge is 2.44. The minimum absolute atomic E-state index is 0.0121. The molecule has 27 heavy (non-hydrogen) atoms. The second-order valence-corrected chi connectivity index (χ2v) is 8.57. The average molecular weight is 371 g/mol. The summed E-state index contributed by atoms with van der Waals surface area (Å²) < 4.78 is 0. The normalized spacial score (nSPS) is 26.0. The number of hydrogen-bond donors (Lipinski definition) is 1. The topological polar surface area (TPSA) is 64.1 Å². The molecule has 3 heterocycles. The van der Waals surface area contributed by atoms with Crippen LogP contribution < -0.4 is 0 Å². The number of aromatic hydroxyl groups is 1. The zero-order chi connectivity index (χ0) is 19.0. The molecular formula is C21H29N3O3. The molecule has 1 spiro atoms. The molecule has 1 aromatic carbocycles. The van der Waals surface area contributed by atoms with Crippen molar-refractivity contribution in [2.24, 2.45) is 5.41 Å². The van der Waals surface area contributed by atoms with E-state index in [2.05, 4.69) is 16.8 Å². The first-order valence-corrected chi connectivity index (χ1v) is 10.0. The molecule has 0 saturated carbocycles. The van der Waals surface area contributed by atoms with Crippen LogP contribution in [0.1, 0.15) is 42.5 Å². The third-order valence-corrected chi connectivity index (χ3v) is 6.71. The van der Waals surface area contributed by atoms with Gasteiger partial charge < -0.3 is 19.8 Å². The van der Waals surface area contributed by atoms with Gasteiger partial charge in [0.25, 0.3) is 5.91 Å². The van der Waals surface area contributed by atoms with Crippen molar-refractivity contribution in [2.75, 3.05) is 39.8 Å². The van der Waals surface area contributed by atoms with Gasteiger partial charge in [-0.05, 0) is 62.9 Å². The zero-order valence-corrected chi connectivity index (χ0v) is 16.1. The number of rotatable bonds is 2. The monoisotopic (exact) mass is 371 g/mol. The number of carbonyl (C=O) groups excluding carboxylic acids is 2. The van der Waals surface area contributed by atoms with Crippen molar-refractivity contribution < 1.29 is 14.7 Å². The molecule has 3 aliphatic rings. The Morgan fingerprint density at radius 1 is 1.19 bits per heavy atom. The van der Waals surface area contributed by atoms with Crippen LogP contribution in [0.4, 0.5) is 0 Å². The van der Waals surface area contributed by atoms with Crippen molar-refractivity contribution in [2.45, 2.75) is 38.1 Å². The molecule has 0 aliphatic carbocycles. The second kappa shape index (κ2) is 7.15. The summed E-state index contributed by atoms with van der Waals surface area (Å²) in [4.78, 5) is 31.6. The molecule has 2 amide bonds. The van der Waals surface area contributed by atoms with Crippen LogP contribution in [0.5, 0.6) is 5.75 Å². The van der Waals surface area contributed by atoms with Crippen LogP contribution in [0.3, 0.4) is 0 Å². The molecule has 1 aromatic rings. The number of piperidine rings is 2. The maximum atomic E-state index is 12.7. The van der Waals surface area contributed by atoms with Crippen molar-refractivity contribution in [3.63, 3.8) is 0 Å². The van der Waals surface area contributed by atoms with E-state index in [1.54, 1.807) is 18.2 Å². The van der Waals surface area contributed by atoms with E-state index in [-0.39, 0.29) is 17.1 Å². The lowest BCUT2D eigenvalue weighted by atomic mass is 9.72. The molecule has 0 aromatic heterocycles. The first kappa shape index (κ1) is 18.3. The van der Waals surface area contributed by atoms with E-state index in [0.29, 0.717) is 23.9 Å². The van der Waals surface area contributed by atoms with Crippen molar-refractivity contribution in [3.05, 3.63) is 29.8 Å². The Morgan fingerprint density at radius 2 is 1.96 bits per heavy atom. The number of nitrogens with zero attached hydrogens (tertiary/aromatic N) is 3. The fourth-order valence-electron chi connectivity index (χ4n) is 4.96. The van der Waals surface area contributed by atoms with Crippen LogP contribution in [0.15, 0.2) is 24.3 Å². The van der Waals surface area contributed by atoms with Crippen LogP contribution in [0.2, 0.25) is 0 Å². The lowest BCUT2D eigenvalue weighted by Crippen LogP contribution is -2.55. The van der Waals surface area contributed by atoms with Gasteiger partial charge in [-0.2, -0.15) is 0 Å². The Morgan fingerprint density at radius 3 is 2.63 bits per heavy atom. The second-order valence-electron chi connectivity index (χ2n) is 8.57. The molecule has 1 unspecified atom stereocenters. The van der Waals surface area contributed by atoms with Gasteiger partial charge in [-0.15, -0.1) is 0 Å². The lowest BCUT2D eigenvalue weighted by Gasteiger charge is -2.49. The number of phenols is 1. The van der Waals surface area contributed by atoms with Gasteiger partial charge >= 0.3 is 0 Å². The van der Waals surface area contributed by atoms with Crippen LogP contribution in [-0.4, -0.2) is 77.4 Å². The Bertz CT molecular complexity index is 727. The highest BCUT2D eigenvalue weighted by Crippen LogP contribution is 2.41. The van der Waals surface area contributed by atoms with Crippen LogP contribution in [0, 0.1) is 5.41 Å². The summed E-state index contributed by atoms with van der Waals surface area (Å²) in [7, 11) is 2.12. The molecule has 3 aliphatic heterocycles. The van der Waals surface area contributed by atoms with E-state index in [0.717, 1.165) is 58.4 Å². The van der Waals surface area contributed by atoms with E-state index < -0.39 is 0 Å². The highest BCUT2D eigenvalue weighted by molar-refractivity contribution is 5.94. The standard InChI is InChI=1S/C21H29N3O3/c1-22-10-6-17(14-22)24-15-21(7-5-19(24)26)8-11-23(12-9-21)20(27)16-3-2-4-18(25)13-16/h2-4,13,17,25H,5-12,14-15H2,1H3. The molecule has 3 fully saturated rings. The molecule has 6 nitrogen and oxygen atoms in total. The summed E-state index contributed by atoms with van der Waals surface area (Å²) in [6, 6.07) is 6.92. The van der Waals surface area contributed by atoms with E-state index in [4.69, 9.17) is 0 Å².